The van der Waals surface area contributed by atoms with Crippen molar-refractivity contribution in [2.45, 2.75) is 32.6 Å². The van der Waals surface area contributed by atoms with Crippen LogP contribution in [-0.2, 0) is 4.79 Å². The van der Waals surface area contributed by atoms with Gasteiger partial charge in [-0.1, -0.05) is 30.5 Å². The molecule has 106 valence electrons. The van der Waals surface area contributed by atoms with Crippen LogP contribution in [0.5, 0.6) is 0 Å². The Kier molecular flexibility index (Phi) is 5.39. The molecule has 1 aliphatic rings. The number of nitrogens with two attached hydrogens (primary N) is 1. The Morgan fingerprint density at radius 2 is 1.79 bits per heavy atom. The molecule has 0 heterocycles. The predicted molar refractivity (Wildman–Crippen MR) is 81.8 cm³/mol. The number of rotatable bonds is 3. The first-order chi connectivity index (χ1) is 8.59. The summed E-state index contributed by atoms with van der Waals surface area (Å²) in [5.74, 6) is 0.173. The molecule has 1 saturated carbocycles. The largest absolute Gasteiger partial charge is 0.329 e. The zero-order valence-electron chi connectivity index (χ0n) is 11.7. The summed E-state index contributed by atoms with van der Waals surface area (Å²) in [6.07, 6.45) is 4.09. The van der Waals surface area contributed by atoms with E-state index in [0.717, 1.165) is 31.4 Å². The Balaban J connectivity index is 0.00000180. The molecule has 4 heteroatoms. The van der Waals surface area contributed by atoms with Gasteiger partial charge < -0.3 is 10.6 Å². The van der Waals surface area contributed by atoms with E-state index in [9.17, 15) is 4.79 Å². The minimum atomic E-state index is -0.320. The molecule has 1 fully saturated rings. The Hall–Kier alpha value is -1.06. The second-order valence-electron chi connectivity index (χ2n) is 5.39. The molecule has 19 heavy (non-hydrogen) atoms. The number of carbonyl (C=O) groups excluding carboxylic acids is 1. The molecule has 0 saturated heterocycles. The number of halogens is 1. The van der Waals surface area contributed by atoms with Crippen LogP contribution >= 0.6 is 12.4 Å². The quantitative estimate of drug-likeness (QED) is 0.927. The Bertz CT molecular complexity index is 424. The fourth-order valence-electron chi connectivity index (χ4n) is 2.80. The molecule has 2 rings (SSSR count). The summed E-state index contributed by atoms with van der Waals surface area (Å²) in [4.78, 5) is 14.4. The van der Waals surface area contributed by atoms with Gasteiger partial charge in [0, 0.05) is 19.3 Å². The van der Waals surface area contributed by atoms with E-state index in [2.05, 4.69) is 0 Å². The molecule has 0 unspecified atom stereocenters. The molecule has 1 amide bonds. The monoisotopic (exact) mass is 282 g/mol. The van der Waals surface area contributed by atoms with Crippen molar-refractivity contribution in [1.29, 1.82) is 0 Å². The molecular weight excluding hydrogens is 260 g/mol. The molecule has 2 N–H and O–H groups in total. The first kappa shape index (κ1) is 16.0. The van der Waals surface area contributed by atoms with Gasteiger partial charge in [-0.05, 0) is 31.9 Å². The molecule has 1 aromatic rings. The highest BCUT2D eigenvalue weighted by Gasteiger charge is 2.41. The topological polar surface area (TPSA) is 46.3 Å². The number of hydrogen-bond acceptors (Lipinski definition) is 2. The third-order valence-electron chi connectivity index (χ3n) is 4.13. The predicted octanol–water partition coefficient (Wildman–Crippen LogP) is 2.90. The lowest BCUT2D eigenvalue weighted by Crippen LogP contribution is -2.45. The van der Waals surface area contributed by atoms with Gasteiger partial charge in [-0.25, -0.2) is 0 Å². The van der Waals surface area contributed by atoms with Crippen LogP contribution in [0.15, 0.2) is 24.3 Å². The fourth-order valence-corrected chi connectivity index (χ4v) is 2.80. The van der Waals surface area contributed by atoms with Gasteiger partial charge in [0.05, 0.1) is 5.41 Å². The van der Waals surface area contributed by atoms with Crippen molar-refractivity contribution in [3.05, 3.63) is 29.8 Å². The first-order valence-electron chi connectivity index (χ1n) is 6.64. The van der Waals surface area contributed by atoms with Gasteiger partial charge in [0.15, 0.2) is 0 Å². The van der Waals surface area contributed by atoms with Crippen LogP contribution in [0.3, 0.4) is 0 Å². The number of amides is 1. The Morgan fingerprint density at radius 1 is 1.26 bits per heavy atom. The van der Waals surface area contributed by atoms with Crippen molar-refractivity contribution in [3.8, 4) is 0 Å². The maximum atomic E-state index is 12.6. The normalized spacial score (nSPS) is 16.8. The van der Waals surface area contributed by atoms with E-state index in [1.165, 1.54) is 5.56 Å². The minimum Gasteiger partial charge on any atom is -0.329 e. The molecule has 3 nitrogen and oxygen atoms in total. The average Bonchev–Trinajstić information content (AvgIpc) is 2.88. The van der Waals surface area contributed by atoms with E-state index < -0.39 is 0 Å². The van der Waals surface area contributed by atoms with Crippen LogP contribution in [0.4, 0.5) is 5.69 Å². The van der Waals surface area contributed by atoms with E-state index in [4.69, 9.17) is 5.73 Å². The summed E-state index contributed by atoms with van der Waals surface area (Å²) in [5.41, 5.74) is 7.69. The molecular formula is C15H23ClN2O. The number of anilines is 1. The summed E-state index contributed by atoms with van der Waals surface area (Å²) in [5, 5.41) is 0. The fraction of sp³-hybridized carbons (Fsp3) is 0.533. The molecule has 0 aromatic heterocycles. The highest BCUT2D eigenvalue weighted by atomic mass is 35.5. The van der Waals surface area contributed by atoms with Gasteiger partial charge in [-0.15, -0.1) is 12.4 Å². The third kappa shape index (κ3) is 3.10. The Morgan fingerprint density at radius 3 is 2.26 bits per heavy atom. The summed E-state index contributed by atoms with van der Waals surface area (Å²) in [7, 11) is 1.85. The van der Waals surface area contributed by atoms with E-state index in [1.807, 2.05) is 38.2 Å². The zero-order valence-corrected chi connectivity index (χ0v) is 12.5. The summed E-state index contributed by atoms with van der Waals surface area (Å²) < 4.78 is 0. The smallest absolute Gasteiger partial charge is 0.234 e. The second kappa shape index (κ2) is 6.40. The average molecular weight is 283 g/mol. The van der Waals surface area contributed by atoms with Crippen molar-refractivity contribution < 1.29 is 4.79 Å². The number of aryl methyl sites for hydroxylation is 1. The van der Waals surface area contributed by atoms with Crippen LogP contribution in [0, 0.1) is 12.3 Å². The lowest BCUT2D eigenvalue weighted by molar-refractivity contribution is -0.127. The number of benzene rings is 1. The summed E-state index contributed by atoms with van der Waals surface area (Å²) in [6.45, 7) is 2.51. The van der Waals surface area contributed by atoms with E-state index in [0.29, 0.717) is 6.54 Å². The molecule has 1 aromatic carbocycles. The Labute approximate surface area is 121 Å². The van der Waals surface area contributed by atoms with E-state index in [-0.39, 0.29) is 23.7 Å². The number of hydrogen-bond donors (Lipinski definition) is 1. The lowest BCUT2D eigenvalue weighted by Gasteiger charge is -2.31. The van der Waals surface area contributed by atoms with E-state index in [1.54, 1.807) is 4.90 Å². The van der Waals surface area contributed by atoms with Crippen molar-refractivity contribution in [3.63, 3.8) is 0 Å². The van der Waals surface area contributed by atoms with Crippen LogP contribution in [0.2, 0.25) is 0 Å². The third-order valence-corrected chi connectivity index (χ3v) is 4.13. The van der Waals surface area contributed by atoms with Crippen molar-refractivity contribution >= 4 is 24.0 Å². The van der Waals surface area contributed by atoms with Crippen LogP contribution < -0.4 is 10.6 Å². The molecule has 0 radical (unpaired) electrons. The van der Waals surface area contributed by atoms with Gasteiger partial charge in [0.2, 0.25) is 5.91 Å². The maximum absolute atomic E-state index is 12.6. The standard InChI is InChI=1S/C15H22N2O.ClH/c1-12-5-7-13(8-6-12)17(2)14(18)15(11-16)9-3-4-10-15;/h5-8H,3-4,9-11,16H2,1-2H3;1H. The highest BCUT2D eigenvalue weighted by Crippen LogP contribution is 2.39. The summed E-state index contributed by atoms with van der Waals surface area (Å²) in [6, 6.07) is 8.05. The van der Waals surface area contributed by atoms with Gasteiger partial charge in [0.1, 0.15) is 0 Å². The van der Waals surface area contributed by atoms with Crippen molar-refractivity contribution in [1.82, 2.24) is 0 Å². The van der Waals surface area contributed by atoms with Gasteiger partial charge in [-0.2, -0.15) is 0 Å². The maximum Gasteiger partial charge on any atom is 0.234 e. The SMILES string of the molecule is Cc1ccc(N(C)C(=O)C2(CN)CCCC2)cc1.Cl. The van der Waals surface area contributed by atoms with Crippen LogP contribution in [0.1, 0.15) is 31.2 Å². The molecule has 0 bridgehead atoms. The number of carbonyl (C=O) groups is 1. The second-order valence-corrected chi connectivity index (χ2v) is 5.39. The lowest BCUT2D eigenvalue weighted by atomic mass is 9.84. The van der Waals surface area contributed by atoms with Crippen LogP contribution in [0.25, 0.3) is 0 Å². The molecule has 0 atom stereocenters. The van der Waals surface area contributed by atoms with Gasteiger partial charge >= 0.3 is 0 Å². The van der Waals surface area contributed by atoms with Crippen LogP contribution in [-0.4, -0.2) is 19.5 Å². The molecule has 0 spiro atoms. The van der Waals surface area contributed by atoms with Crippen molar-refractivity contribution in [2.24, 2.45) is 11.1 Å². The van der Waals surface area contributed by atoms with E-state index >= 15 is 0 Å². The minimum absolute atomic E-state index is 0. The molecule has 0 aliphatic heterocycles. The van der Waals surface area contributed by atoms with Gasteiger partial charge in [-0.3, -0.25) is 4.79 Å². The highest BCUT2D eigenvalue weighted by molar-refractivity contribution is 5.97. The number of nitrogens with zero attached hydrogens (tertiary/aromatic N) is 1. The zero-order chi connectivity index (χ0) is 13.2. The van der Waals surface area contributed by atoms with Crippen molar-refractivity contribution in [2.75, 3.05) is 18.5 Å². The summed E-state index contributed by atoms with van der Waals surface area (Å²) >= 11 is 0. The van der Waals surface area contributed by atoms with Gasteiger partial charge in [0.25, 0.3) is 0 Å². The first-order valence-corrected chi connectivity index (χ1v) is 6.64. The molecule has 1 aliphatic carbocycles.